The molecule has 8 heterocycles. The zero-order chi connectivity index (χ0) is 103. The first kappa shape index (κ1) is 128. The monoisotopic (exact) mass is 2510 g/mol. The van der Waals surface area contributed by atoms with Crippen LogP contribution in [0.3, 0.4) is 0 Å². The first-order chi connectivity index (χ1) is 65.6. The number of alkyl halides is 1. The normalized spacial score (nSPS) is 16.2. The third-order valence-corrected chi connectivity index (χ3v) is 31.1. The van der Waals surface area contributed by atoms with E-state index in [1.165, 1.54) is 55.0 Å². The number of aldehydes is 1. The number of hydrogen-bond acceptors (Lipinski definition) is 18. The van der Waals surface area contributed by atoms with Gasteiger partial charge in [-0.1, -0.05) is 138 Å². The lowest BCUT2D eigenvalue weighted by Gasteiger charge is -2.41. The minimum Gasteiger partial charge on any atom is -0.462 e. The Morgan fingerprint density at radius 2 is 0.881 bits per heavy atom. The minimum absolute atomic E-state index is 0. The van der Waals surface area contributed by atoms with E-state index in [0.29, 0.717) is 151 Å². The molecule has 15 rings (SSSR count). The fourth-order valence-electron chi connectivity index (χ4n) is 16.0. The Hall–Kier alpha value is -7.00. The Kier molecular flexibility index (Phi) is 54.4. The number of aryl methyl sites for hydroxylation is 7. The summed E-state index contributed by atoms with van der Waals surface area (Å²) >= 11 is 22.6. The predicted octanol–water partition coefficient (Wildman–Crippen LogP) is 25.2. The third-order valence-electron chi connectivity index (χ3n) is 24.0. The summed E-state index contributed by atoms with van der Waals surface area (Å²) in [5.74, 6) is -0.0801. The van der Waals surface area contributed by atoms with Crippen molar-refractivity contribution in [3.05, 3.63) is 276 Å². The van der Waals surface area contributed by atoms with E-state index in [2.05, 4.69) is 165 Å². The molecule has 40 heteroatoms. The van der Waals surface area contributed by atoms with Crippen LogP contribution in [0.5, 0.6) is 12.0 Å². The molecule has 0 radical (unpaired) electrons. The Morgan fingerprint density at radius 1 is 0.483 bits per heavy atom. The molecule has 784 valence electrons. The molecule has 4 atom stereocenters. The highest BCUT2D eigenvalue weighted by atomic mass is 79.9. The van der Waals surface area contributed by atoms with Gasteiger partial charge in [0.05, 0.1) is 30.1 Å². The second kappa shape index (κ2) is 60.6. The van der Waals surface area contributed by atoms with Crippen molar-refractivity contribution in [3.8, 4) is 12.0 Å². The molecule has 0 aliphatic carbocycles. The van der Waals surface area contributed by atoms with Crippen molar-refractivity contribution in [2.75, 3.05) is 121 Å². The van der Waals surface area contributed by atoms with Gasteiger partial charge in [-0.2, -0.15) is 73.9 Å². The lowest BCUT2D eigenvalue weighted by molar-refractivity contribution is 0.0145. The zero-order valence-corrected chi connectivity index (χ0v) is 99.0. The van der Waals surface area contributed by atoms with Crippen LogP contribution < -0.4 is 29.5 Å². The molecule has 6 aliphatic rings. The van der Waals surface area contributed by atoms with Gasteiger partial charge in [0.25, 0.3) is 0 Å². The molecule has 143 heavy (non-hydrogen) atoms. The molecule has 0 unspecified atom stereocenters. The lowest BCUT2D eigenvalue weighted by atomic mass is 10.0. The Bertz CT molecular complexity index is 5690. The number of likely N-dealkylation sites (tertiary alicyclic amines) is 2. The summed E-state index contributed by atoms with van der Waals surface area (Å²) in [5.41, 5.74) is 13.9. The van der Waals surface area contributed by atoms with Crippen molar-refractivity contribution in [3.63, 3.8) is 0 Å². The van der Waals surface area contributed by atoms with Crippen molar-refractivity contribution in [2.24, 2.45) is 0 Å². The van der Waals surface area contributed by atoms with E-state index in [9.17, 15) is 45.1 Å². The van der Waals surface area contributed by atoms with Crippen LogP contribution in [-0.2, 0) is 47.3 Å². The van der Waals surface area contributed by atoms with E-state index in [4.69, 9.17) is 57.1 Å². The maximum Gasteiger partial charge on any atom is 0.410 e. The Morgan fingerprint density at radius 3 is 1.27 bits per heavy atom. The number of carbonyl (C=O) groups excluding carboxylic acids is 3. The topological polar surface area (TPSA) is 203 Å². The first-order valence-corrected chi connectivity index (χ1v) is 51.5. The molecule has 4 saturated heterocycles. The van der Waals surface area contributed by atoms with E-state index in [-0.39, 0.29) is 132 Å². The molecule has 22 nitrogen and oxygen atoms in total. The van der Waals surface area contributed by atoms with E-state index in [0.717, 1.165) is 142 Å². The summed E-state index contributed by atoms with van der Waals surface area (Å²) in [7, 11) is 4.25. The van der Waals surface area contributed by atoms with Crippen LogP contribution in [-0.4, -0.2) is 204 Å². The molecular weight excluding hydrogens is 2380 g/mol. The number of amides is 2. The Labute approximate surface area is 925 Å². The number of carbonyl (C=O) groups is 3. The Balaban J connectivity index is 0.000000373. The van der Waals surface area contributed by atoms with Gasteiger partial charge in [0.1, 0.15) is 88.9 Å². The van der Waals surface area contributed by atoms with E-state index in [1.54, 1.807) is 67.0 Å². The minimum atomic E-state index is -0.619. The highest BCUT2D eigenvalue weighted by Crippen LogP contribution is 2.38. The number of halogens is 14. The SMILES string of the molecule is Cc1ccc(F)c(C)c1Br.Cc1ccc(F)c(C)c1Br.Cc1ccc(F)c(C=O)c1Br.Cc1ccc(F)c(CBr)c1Br.Cc1ccc(F)c(CO)c1Br.Cc1ccc(F)cc1Br.S.S.S.S.[C-]#[N+]C[C@H]1CN(c2nc(OC[C@@H]3CCCN3C)nc3c2CCN(c2c(C)ccc(F)c2C)C3)CCN1C(=O)OC(C)(C)C.[C-]#[N+]C[C@H]1CN(c2nc(OC[C@@H]3CCCN3C)nc3c2CCNC3)CCN1C(=O)OC(C)(C)C. The van der Waals surface area contributed by atoms with E-state index >= 15 is 0 Å². The van der Waals surface area contributed by atoms with Gasteiger partial charge >= 0.3 is 24.2 Å². The highest BCUT2D eigenvalue weighted by Gasteiger charge is 2.40. The molecule has 9 aromatic rings. The second-order valence-corrected chi connectivity index (χ2v) is 42.0. The molecule has 6 aliphatic heterocycles. The van der Waals surface area contributed by atoms with Gasteiger partial charge in [0.2, 0.25) is 13.1 Å². The highest BCUT2D eigenvalue weighted by molar-refractivity contribution is 9.11. The maximum atomic E-state index is 14.6. The van der Waals surface area contributed by atoms with Crippen LogP contribution in [0.15, 0.2) is 118 Å². The molecular formula is C103H132Br7F7N14O8S4. The summed E-state index contributed by atoms with van der Waals surface area (Å²) in [6.45, 7) is 54.0. The lowest BCUT2D eigenvalue weighted by Crippen LogP contribution is -2.57. The summed E-state index contributed by atoms with van der Waals surface area (Å²) in [4.78, 5) is 77.4. The number of aliphatic hydroxyl groups is 1. The molecule has 2 amide bonds. The van der Waals surface area contributed by atoms with Crippen molar-refractivity contribution in [1.82, 2.24) is 44.9 Å². The molecule has 0 bridgehead atoms. The number of benzene rings is 7. The van der Waals surface area contributed by atoms with E-state index in [1.807, 2.05) is 96.1 Å². The van der Waals surface area contributed by atoms with Crippen LogP contribution in [0.2, 0.25) is 0 Å². The number of anilines is 3. The van der Waals surface area contributed by atoms with E-state index < -0.39 is 23.1 Å². The van der Waals surface area contributed by atoms with Gasteiger partial charge in [-0.05, 0) is 298 Å². The molecule has 0 spiro atoms. The smallest absolute Gasteiger partial charge is 0.410 e. The van der Waals surface area contributed by atoms with Crippen LogP contribution in [0.1, 0.15) is 167 Å². The molecule has 2 aromatic heterocycles. The summed E-state index contributed by atoms with van der Waals surface area (Å²) in [6.07, 6.45) is 5.81. The van der Waals surface area contributed by atoms with Gasteiger partial charge in [0.15, 0.2) is 6.29 Å². The number of nitrogens with one attached hydrogen (secondary N) is 1. The number of nitrogens with zero attached hydrogens (tertiary/aromatic N) is 13. The standard InChI is InChI=1S/C32H44FN7O3.C24H37N7O3.C8H7Br2F.C8H8BrFO.C8H6BrFO.2C8H8BrF.C7H6BrF.4H2S/c1-21-10-11-26(33)22(2)28(21)38-14-12-25-27(19-38)35-30(42-20-23-9-8-13-37(23)7)36-29(25)39-15-16-40(24(18-39)17-34-6)31(41)43-32(3,4)5;1-24(2,3)34-23(32)31-12-11-30(15-18(31)13-25-4)21-19-8-9-26-14-20(19)27-22(28-21)33-16-17-7-6-10-29(17)5;1-5-2-3-7(11)6(4-9)8(5)10;2*1-5-2-3-7(10)6(4-11)8(5)9;2*1-5-3-4-7(10)6(2)8(5)9;1-5-2-3-6(9)4-7(5)8;;;;/h10-11,23-24H,8-9,12-20H2,1-5,7H3;17-18,26H,6-16H2,1-3,5H3;2-3H,4H2,1H3;2-3,11H,4H2,1H3;2-4H,1H3;2*3-4H,1-2H3;2-4H,1H3;4*1H2/t23-,24-;17-,18-;;;;;;;;;;/m00........../s1. The summed E-state index contributed by atoms with van der Waals surface area (Å²) < 4.78 is 119. The number of ether oxygens (including phenoxy) is 4. The van der Waals surface area contributed by atoms with Crippen LogP contribution in [0, 0.1) is 123 Å². The van der Waals surface area contributed by atoms with Crippen molar-refractivity contribution < 1.29 is 69.2 Å². The first-order valence-electron chi connectivity index (χ1n) is 45.6. The second-order valence-electron chi connectivity index (χ2n) is 36.7. The summed E-state index contributed by atoms with van der Waals surface area (Å²) in [5, 5.41) is 12.7. The average Bonchev–Trinajstić information content (AvgIpc) is 0.978. The van der Waals surface area contributed by atoms with Crippen LogP contribution in [0.25, 0.3) is 9.69 Å². The van der Waals surface area contributed by atoms with Gasteiger partial charge < -0.3 is 63.6 Å². The molecule has 7 aromatic carbocycles. The maximum absolute atomic E-state index is 14.6. The molecule has 4 fully saturated rings. The number of aromatic nitrogens is 4. The van der Waals surface area contributed by atoms with Gasteiger partial charge in [0, 0.05) is 130 Å². The number of likely N-dealkylation sites (N-methyl/N-ethyl adjacent to an activating group) is 2. The number of rotatable bonds is 14. The number of hydrogen-bond donors (Lipinski definition) is 2. The van der Waals surface area contributed by atoms with Crippen LogP contribution in [0.4, 0.5) is 57.6 Å². The van der Waals surface area contributed by atoms with Crippen molar-refractivity contribution in [1.29, 1.82) is 0 Å². The number of piperazine rings is 2. The third kappa shape index (κ3) is 37.0. The largest absolute Gasteiger partial charge is 0.462 e. The number of aliphatic hydroxyl groups excluding tert-OH is 1. The fourth-order valence-corrected chi connectivity index (χ4v) is 19.2. The molecule has 0 saturated carbocycles. The van der Waals surface area contributed by atoms with Gasteiger partial charge in [-0.3, -0.25) is 14.6 Å². The fraction of sp³-hybridized carbons (Fsp3) is 0.466. The summed E-state index contributed by atoms with van der Waals surface area (Å²) in [6, 6.07) is 24.5. The van der Waals surface area contributed by atoms with Gasteiger partial charge in [-0.25, -0.2) is 53.5 Å². The quantitative estimate of drug-likeness (QED) is 0.0450. The zero-order valence-electron chi connectivity index (χ0n) is 83.9. The predicted molar refractivity (Wildman–Crippen MR) is 601 cm³/mol. The van der Waals surface area contributed by atoms with Crippen molar-refractivity contribution in [2.45, 2.75) is 210 Å². The van der Waals surface area contributed by atoms with Gasteiger partial charge in [-0.15, -0.1) is 0 Å². The average molecular weight is 2510 g/mol. The van der Waals surface area contributed by atoms with Crippen LogP contribution >= 0.6 is 165 Å². The molecule has 2 N–H and O–H groups in total. The number of fused-ring (bicyclic) bond motifs is 2. The van der Waals surface area contributed by atoms with Crippen molar-refractivity contribution >= 4 is 201 Å².